The minimum absolute atomic E-state index is 0.141. The Morgan fingerprint density at radius 3 is 2.35 bits per heavy atom. The SMILES string of the molecule is O=C(N1CCC(O)CC1)N1CC(c2ccc(C(F)(F)F)cc2)CC(c2cn(-c3cccc(F)c3)cn2)C1. The molecule has 2 amide bonds. The zero-order valence-corrected chi connectivity index (χ0v) is 20.1. The molecule has 0 saturated carbocycles. The molecule has 2 unspecified atom stereocenters. The summed E-state index contributed by atoms with van der Waals surface area (Å²) in [6.45, 7) is 1.71. The largest absolute Gasteiger partial charge is 0.416 e. The Kier molecular flexibility index (Phi) is 6.94. The minimum Gasteiger partial charge on any atom is -0.393 e. The summed E-state index contributed by atoms with van der Waals surface area (Å²) < 4.78 is 54.8. The summed E-state index contributed by atoms with van der Waals surface area (Å²) in [4.78, 5) is 21.4. The van der Waals surface area contributed by atoms with Gasteiger partial charge in [-0.2, -0.15) is 13.2 Å². The van der Waals surface area contributed by atoms with E-state index in [4.69, 9.17) is 0 Å². The number of piperidine rings is 2. The Hall–Kier alpha value is -3.40. The second-order valence-electron chi connectivity index (χ2n) is 9.84. The number of alkyl halides is 3. The monoisotopic (exact) mass is 516 g/mol. The third kappa shape index (κ3) is 5.64. The number of rotatable bonds is 3. The average Bonchev–Trinajstić information content (AvgIpc) is 3.39. The van der Waals surface area contributed by atoms with Gasteiger partial charge in [-0.25, -0.2) is 14.2 Å². The molecule has 6 nitrogen and oxygen atoms in total. The number of likely N-dealkylation sites (tertiary alicyclic amines) is 2. The van der Waals surface area contributed by atoms with Crippen LogP contribution in [0.3, 0.4) is 0 Å². The summed E-state index contributed by atoms with van der Waals surface area (Å²) in [5.41, 5.74) is 1.37. The Labute approximate surface area is 212 Å². The molecular weight excluding hydrogens is 488 g/mol. The van der Waals surface area contributed by atoms with Crippen LogP contribution in [0.5, 0.6) is 0 Å². The quantitative estimate of drug-likeness (QED) is 0.488. The van der Waals surface area contributed by atoms with Crippen LogP contribution >= 0.6 is 0 Å². The molecule has 1 aromatic heterocycles. The highest BCUT2D eigenvalue weighted by Gasteiger charge is 2.36. The van der Waals surface area contributed by atoms with Crippen molar-refractivity contribution in [3.8, 4) is 5.69 Å². The highest BCUT2D eigenvalue weighted by atomic mass is 19.4. The molecule has 3 heterocycles. The van der Waals surface area contributed by atoms with E-state index >= 15 is 0 Å². The van der Waals surface area contributed by atoms with E-state index < -0.39 is 17.8 Å². The van der Waals surface area contributed by atoms with Gasteiger partial charge in [0.25, 0.3) is 0 Å². The van der Waals surface area contributed by atoms with Crippen LogP contribution in [-0.4, -0.2) is 62.8 Å². The summed E-state index contributed by atoms with van der Waals surface area (Å²) in [7, 11) is 0. The predicted molar refractivity (Wildman–Crippen MR) is 129 cm³/mol. The molecule has 0 aliphatic carbocycles. The number of carbonyl (C=O) groups is 1. The van der Waals surface area contributed by atoms with E-state index in [9.17, 15) is 27.5 Å². The summed E-state index contributed by atoms with van der Waals surface area (Å²) in [5.74, 6) is -0.703. The molecule has 3 aromatic rings. The molecule has 0 bridgehead atoms. The van der Waals surface area contributed by atoms with Gasteiger partial charge in [0.1, 0.15) is 5.82 Å². The smallest absolute Gasteiger partial charge is 0.393 e. The highest BCUT2D eigenvalue weighted by molar-refractivity contribution is 5.75. The molecular formula is C27H28F4N4O2. The van der Waals surface area contributed by atoms with Gasteiger partial charge in [0.2, 0.25) is 0 Å². The number of hydrogen-bond acceptors (Lipinski definition) is 3. The first kappa shape index (κ1) is 25.3. The number of hydrogen-bond donors (Lipinski definition) is 1. The van der Waals surface area contributed by atoms with Crippen molar-refractivity contribution in [2.45, 2.75) is 43.4 Å². The zero-order chi connectivity index (χ0) is 26.2. The maximum atomic E-state index is 13.7. The fourth-order valence-corrected chi connectivity index (χ4v) is 5.24. The van der Waals surface area contributed by atoms with Crippen LogP contribution in [0.15, 0.2) is 61.1 Å². The number of urea groups is 1. The topological polar surface area (TPSA) is 61.6 Å². The molecule has 2 aromatic carbocycles. The van der Waals surface area contributed by atoms with E-state index in [-0.39, 0.29) is 23.7 Å². The Bertz CT molecular complexity index is 1240. The number of benzene rings is 2. The van der Waals surface area contributed by atoms with Crippen LogP contribution in [-0.2, 0) is 6.18 Å². The molecule has 5 rings (SSSR count). The molecule has 2 aliphatic heterocycles. The number of aliphatic hydroxyl groups is 1. The van der Waals surface area contributed by atoms with E-state index in [1.54, 1.807) is 32.8 Å². The van der Waals surface area contributed by atoms with Crippen molar-refractivity contribution in [1.82, 2.24) is 19.4 Å². The van der Waals surface area contributed by atoms with Gasteiger partial charge < -0.3 is 19.5 Å². The van der Waals surface area contributed by atoms with Crippen molar-refractivity contribution in [1.29, 1.82) is 0 Å². The lowest BCUT2D eigenvalue weighted by Crippen LogP contribution is -2.51. The van der Waals surface area contributed by atoms with E-state index in [2.05, 4.69) is 4.98 Å². The normalized spacial score (nSPS) is 21.3. The molecule has 0 spiro atoms. The average molecular weight is 517 g/mol. The van der Waals surface area contributed by atoms with Crippen molar-refractivity contribution in [2.24, 2.45) is 0 Å². The molecule has 37 heavy (non-hydrogen) atoms. The lowest BCUT2D eigenvalue weighted by Gasteiger charge is -2.41. The van der Waals surface area contributed by atoms with Gasteiger partial charge in [0.15, 0.2) is 0 Å². The van der Waals surface area contributed by atoms with Crippen LogP contribution in [0.4, 0.5) is 22.4 Å². The number of aromatic nitrogens is 2. The van der Waals surface area contributed by atoms with Gasteiger partial charge in [-0.15, -0.1) is 0 Å². The van der Waals surface area contributed by atoms with E-state index in [0.29, 0.717) is 51.1 Å². The van der Waals surface area contributed by atoms with Gasteiger partial charge in [-0.3, -0.25) is 0 Å². The number of aliphatic hydroxyl groups excluding tert-OH is 1. The van der Waals surface area contributed by atoms with E-state index in [0.717, 1.165) is 23.4 Å². The first-order valence-electron chi connectivity index (χ1n) is 12.4. The fourth-order valence-electron chi connectivity index (χ4n) is 5.24. The van der Waals surface area contributed by atoms with Crippen molar-refractivity contribution < 1.29 is 27.5 Å². The Morgan fingerprint density at radius 2 is 1.68 bits per heavy atom. The van der Waals surface area contributed by atoms with Gasteiger partial charge >= 0.3 is 12.2 Å². The molecule has 1 N–H and O–H groups in total. The highest BCUT2D eigenvalue weighted by Crippen LogP contribution is 2.37. The molecule has 0 radical (unpaired) electrons. The molecule has 2 saturated heterocycles. The number of amides is 2. The molecule has 10 heteroatoms. The van der Waals surface area contributed by atoms with Crippen LogP contribution in [0, 0.1) is 5.82 Å². The number of halogens is 4. The predicted octanol–water partition coefficient (Wildman–Crippen LogP) is 5.18. The molecule has 2 aliphatic rings. The Balaban J connectivity index is 1.41. The van der Waals surface area contributed by atoms with Crippen molar-refractivity contribution >= 4 is 6.03 Å². The number of carbonyl (C=O) groups excluding carboxylic acids is 1. The standard InChI is InChI=1S/C27H28F4N4O2/c28-22-2-1-3-23(13-22)35-16-25(32-17-35)20-12-19(18-4-6-21(7-5-18)27(29,30)31)14-34(15-20)26(37)33-10-8-24(36)9-11-33/h1-7,13,16-17,19-20,24,36H,8-12,14-15H2. The summed E-state index contributed by atoms with van der Waals surface area (Å²) >= 11 is 0. The van der Waals surface area contributed by atoms with E-state index in [1.165, 1.54) is 24.3 Å². The van der Waals surface area contributed by atoms with Gasteiger partial charge in [0, 0.05) is 49.9 Å². The van der Waals surface area contributed by atoms with Crippen LogP contribution in [0.1, 0.15) is 47.9 Å². The summed E-state index contributed by atoms with van der Waals surface area (Å²) in [6.07, 6.45) is 0.224. The third-order valence-electron chi connectivity index (χ3n) is 7.29. The second kappa shape index (κ2) is 10.2. The molecule has 2 fully saturated rings. The lowest BCUT2D eigenvalue weighted by atomic mass is 9.83. The lowest BCUT2D eigenvalue weighted by molar-refractivity contribution is -0.137. The maximum Gasteiger partial charge on any atom is 0.416 e. The van der Waals surface area contributed by atoms with Crippen molar-refractivity contribution in [2.75, 3.05) is 26.2 Å². The summed E-state index contributed by atoms with van der Waals surface area (Å²) in [6, 6.07) is 11.1. The van der Waals surface area contributed by atoms with Crippen molar-refractivity contribution in [3.63, 3.8) is 0 Å². The zero-order valence-electron chi connectivity index (χ0n) is 20.1. The maximum absolute atomic E-state index is 13.7. The minimum atomic E-state index is -4.42. The van der Waals surface area contributed by atoms with Gasteiger partial charge in [-0.1, -0.05) is 18.2 Å². The second-order valence-corrected chi connectivity index (χ2v) is 9.84. The number of imidazole rings is 1. The van der Waals surface area contributed by atoms with Crippen LogP contribution < -0.4 is 0 Å². The molecule has 2 atom stereocenters. The van der Waals surface area contributed by atoms with Crippen LogP contribution in [0.25, 0.3) is 5.69 Å². The van der Waals surface area contributed by atoms with Crippen LogP contribution in [0.2, 0.25) is 0 Å². The van der Waals surface area contributed by atoms with Gasteiger partial charge in [-0.05, 0) is 55.2 Å². The van der Waals surface area contributed by atoms with E-state index in [1.807, 2.05) is 6.20 Å². The fraction of sp³-hybridized carbons (Fsp3) is 0.407. The Morgan fingerprint density at radius 1 is 0.973 bits per heavy atom. The number of nitrogens with zero attached hydrogens (tertiary/aromatic N) is 4. The van der Waals surface area contributed by atoms with Gasteiger partial charge in [0.05, 0.1) is 23.7 Å². The first-order valence-corrected chi connectivity index (χ1v) is 12.4. The van der Waals surface area contributed by atoms with Crippen molar-refractivity contribution in [3.05, 3.63) is 83.7 Å². The third-order valence-corrected chi connectivity index (χ3v) is 7.29. The summed E-state index contributed by atoms with van der Waals surface area (Å²) in [5, 5.41) is 9.83. The first-order chi connectivity index (χ1) is 17.7. The molecule has 196 valence electrons.